The van der Waals surface area contributed by atoms with Gasteiger partial charge in [0.25, 0.3) is 0 Å². The molecule has 108 valence electrons. The van der Waals surface area contributed by atoms with E-state index in [0.717, 1.165) is 29.6 Å². The number of nitrogens with one attached hydrogen (secondary N) is 1. The fourth-order valence-electron chi connectivity index (χ4n) is 2.32. The predicted molar refractivity (Wildman–Crippen MR) is 76.7 cm³/mol. The van der Waals surface area contributed by atoms with Crippen LogP contribution < -0.4 is 5.32 Å². The number of methoxy groups -OCH3 is 1. The Hall–Kier alpha value is -0.720. The Morgan fingerprint density at radius 3 is 2.84 bits per heavy atom. The fourth-order valence-corrected chi connectivity index (χ4v) is 3.33. The van der Waals surface area contributed by atoms with E-state index in [2.05, 4.69) is 29.4 Å². The van der Waals surface area contributed by atoms with Gasteiger partial charge in [0.2, 0.25) is 5.13 Å². The van der Waals surface area contributed by atoms with Gasteiger partial charge in [-0.3, -0.25) is 0 Å². The molecule has 0 spiro atoms. The summed E-state index contributed by atoms with van der Waals surface area (Å²) in [6, 6.07) is 0.279. The molecule has 1 aromatic rings. The molecule has 1 aliphatic rings. The second-order valence-electron chi connectivity index (χ2n) is 5.28. The second kappa shape index (κ2) is 6.63. The monoisotopic (exact) mass is 285 g/mol. The summed E-state index contributed by atoms with van der Waals surface area (Å²) in [4.78, 5) is 0. The number of anilines is 1. The van der Waals surface area contributed by atoms with Crippen molar-refractivity contribution in [2.75, 3.05) is 19.0 Å². The second-order valence-corrected chi connectivity index (χ2v) is 6.34. The van der Waals surface area contributed by atoms with Crippen LogP contribution in [0.15, 0.2) is 0 Å². The molecule has 5 nitrogen and oxygen atoms in total. The highest BCUT2D eigenvalue weighted by molar-refractivity contribution is 7.15. The van der Waals surface area contributed by atoms with Gasteiger partial charge in [-0.25, -0.2) is 0 Å². The quantitative estimate of drug-likeness (QED) is 0.833. The lowest BCUT2D eigenvalue weighted by molar-refractivity contribution is -0.118. The molecule has 0 aromatic carbocycles. The number of hydrogen-bond acceptors (Lipinski definition) is 6. The van der Waals surface area contributed by atoms with Crippen molar-refractivity contribution in [1.29, 1.82) is 0 Å². The van der Waals surface area contributed by atoms with E-state index in [4.69, 9.17) is 9.47 Å². The first kappa shape index (κ1) is 14.7. The Labute approximate surface area is 118 Å². The third-order valence-electron chi connectivity index (χ3n) is 3.26. The first-order chi connectivity index (χ1) is 9.13. The molecule has 0 saturated heterocycles. The molecule has 1 heterocycles. The van der Waals surface area contributed by atoms with Gasteiger partial charge in [0, 0.05) is 20.1 Å². The molecule has 3 unspecified atom stereocenters. The molecule has 1 aliphatic carbocycles. The Morgan fingerprint density at radius 1 is 1.42 bits per heavy atom. The van der Waals surface area contributed by atoms with Crippen LogP contribution in [0, 0.1) is 5.92 Å². The minimum atomic E-state index is 0.109. The van der Waals surface area contributed by atoms with E-state index in [9.17, 15) is 0 Å². The average Bonchev–Trinajstić information content (AvgIpc) is 2.74. The first-order valence-corrected chi connectivity index (χ1v) is 7.69. The van der Waals surface area contributed by atoms with E-state index in [1.54, 1.807) is 18.4 Å². The largest absolute Gasteiger partial charge is 0.377 e. The van der Waals surface area contributed by atoms with E-state index in [1.807, 2.05) is 6.92 Å². The van der Waals surface area contributed by atoms with E-state index in [1.165, 1.54) is 0 Å². The highest BCUT2D eigenvalue weighted by atomic mass is 32.1. The van der Waals surface area contributed by atoms with E-state index < -0.39 is 0 Å². The summed E-state index contributed by atoms with van der Waals surface area (Å²) in [5.41, 5.74) is 0. The maximum Gasteiger partial charge on any atom is 0.205 e. The Morgan fingerprint density at radius 2 is 2.21 bits per heavy atom. The molecule has 1 aromatic heterocycles. The van der Waals surface area contributed by atoms with Crippen LogP contribution in [-0.2, 0) is 15.9 Å². The summed E-state index contributed by atoms with van der Waals surface area (Å²) < 4.78 is 11.1. The zero-order valence-corrected chi connectivity index (χ0v) is 12.9. The third kappa shape index (κ3) is 3.64. The molecule has 6 heteroatoms. The average molecular weight is 285 g/mol. The van der Waals surface area contributed by atoms with Crippen molar-refractivity contribution >= 4 is 16.5 Å². The molecule has 0 aliphatic heterocycles. The highest BCUT2D eigenvalue weighted by Crippen LogP contribution is 2.31. The van der Waals surface area contributed by atoms with Crippen molar-refractivity contribution in [3.63, 3.8) is 0 Å². The van der Waals surface area contributed by atoms with Gasteiger partial charge in [-0.2, -0.15) is 0 Å². The van der Waals surface area contributed by atoms with Gasteiger partial charge in [-0.1, -0.05) is 25.2 Å². The lowest BCUT2D eigenvalue weighted by Crippen LogP contribution is -2.56. The SMILES string of the molecule is CCOC1CC(Nc2nnc(CC(C)C)s2)C1OC. The number of ether oxygens (including phenoxy) is 2. The van der Waals surface area contributed by atoms with Crippen molar-refractivity contribution in [3.8, 4) is 0 Å². The smallest absolute Gasteiger partial charge is 0.205 e. The summed E-state index contributed by atoms with van der Waals surface area (Å²) >= 11 is 1.64. The lowest BCUT2D eigenvalue weighted by atomic mass is 9.85. The van der Waals surface area contributed by atoms with Gasteiger partial charge in [0.1, 0.15) is 11.1 Å². The van der Waals surface area contributed by atoms with Crippen molar-refractivity contribution in [1.82, 2.24) is 10.2 Å². The fraction of sp³-hybridized carbons (Fsp3) is 0.846. The Balaban J connectivity index is 1.86. The summed E-state index contributed by atoms with van der Waals surface area (Å²) in [6.07, 6.45) is 2.26. The maximum absolute atomic E-state index is 5.61. The summed E-state index contributed by atoms with van der Waals surface area (Å²) in [5, 5.41) is 13.8. The van der Waals surface area contributed by atoms with Gasteiger partial charge in [-0.05, 0) is 19.3 Å². The Kier molecular flexibility index (Phi) is 5.13. The van der Waals surface area contributed by atoms with Crippen molar-refractivity contribution in [2.45, 2.75) is 51.9 Å². The van der Waals surface area contributed by atoms with Crippen LogP contribution in [0.4, 0.5) is 5.13 Å². The number of hydrogen-bond donors (Lipinski definition) is 1. The van der Waals surface area contributed by atoms with Crippen LogP contribution in [0.1, 0.15) is 32.2 Å². The van der Waals surface area contributed by atoms with Crippen molar-refractivity contribution < 1.29 is 9.47 Å². The van der Waals surface area contributed by atoms with Crippen LogP contribution >= 0.6 is 11.3 Å². The van der Waals surface area contributed by atoms with Crippen molar-refractivity contribution in [3.05, 3.63) is 5.01 Å². The molecule has 1 fully saturated rings. The molecule has 0 bridgehead atoms. The van der Waals surface area contributed by atoms with Crippen LogP contribution in [-0.4, -0.2) is 42.2 Å². The predicted octanol–water partition coefficient (Wildman–Crippen LogP) is 2.34. The van der Waals surface area contributed by atoms with E-state index in [0.29, 0.717) is 5.92 Å². The summed E-state index contributed by atoms with van der Waals surface area (Å²) in [5.74, 6) is 0.610. The molecule has 1 N–H and O–H groups in total. The highest BCUT2D eigenvalue weighted by Gasteiger charge is 2.42. The number of rotatable bonds is 7. The van der Waals surface area contributed by atoms with E-state index >= 15 is 0 Å². The van der Waals surface area contributed by atoms with E-state index in [-0.39, 0.29) is 18.2 Å². The number of aromatic nitrogens is 2. The van der Waals surface area contributed by atoms with Crippen LogP contribution in [0.5, 0.6) is 0 Å². The van der Waals surface area contributed by atoms with Gasteiger partial charge >= 0.3 is 0 Å². The summed E-state index contributed by atoms with van der Waals surface area (Å²) in [6.45, 7) is 7.12. The van der Waals surface area contributed by atoms with Gasteiger partial charge in [-0.15, -0.1) is 10.2 Å². The molecule has 2 rings (SSSR count). The first-order valence-electron chi connectivity index (χ1n) is 6.87. The standard InChI is InChI=1S/C13H23N3O2S/c1-5-18-10-7-9(12(10)17-4)14-13-16-15-11(19-13)6-8(2)3/h8-10,12H,5-7H2,1-4H3,(H,14,16). The lowest BCUT2D eigenvalue weighted by Gasteiger charge is -2.43. The normalized spacial score (nSPS) is 26.5. The molecular weight excluding hydrogens is 262 g/mol. The minimum Gasteiger partial charge on any atom is -0.377 e. The van der Waals surface area contributed by atoms with Gasteiger partial charge < -0.3 is 14.8 Å². The molecule has 1 saturated carbocycles. The van der Waals surface area contributed by atoms with Gasteiger partial charge in [0.15, 0.2) is 0 Å². The van der Waals surface area contributed by atoms with Crippen LogP contribution in [0.2, 0.25) is 0 Å². The minimum absolute atomic E-state index is 0.109. The number of nitrogens with zero attached hydrogens (tertiary/aromatic N) is 2. The molecule has 0 radical (unpaired) electrons. The molecule has 0 amide bonds. The zero-order chi connectivity index (χ0) is 13.8. The molecular formula is C13H23N3O2S. The van der Waals surface area contributed by atoms with Gasteiger partial charge in [0.05, 0.1) is 12.1 Å². The van der Waals surface area contributed by atoms with Crippen molar-refractivity contribution in [2.24, 2.45) is 5.92 Å². The summed E-state index contributed by atoms with van der Waals surface area (Å²) in [7, 11) is 1.73. The Bertz CT molecular complexity index is 397. The van der Waals surface area contributed by atoms with Crippen LogP contribution in [0.25, 0.3) is 0 Å². The third-order valence-corrected chi connectivity index (χ3v) is 4.14. The molecule has 19 heavy (non-hydrogen) atoms. The topological polar surface area (TPSA) is 56.3 Å². The van der Waals surface area contributed by atoms with Crippen LogP contribution in [0.3, 0.4) is 0 Å². The molecule has 3 atom stereocenters. The maximum atomic E-state index is 5.61. The zero-order valence-electron chi connectivity index (χ0n) is 12.0.